The molecule has 4 aliphatic rings. The van der Waals surface area contributed by atoms with Crippen LogP contribution < -0.4 is 19.5 Å². The highest BCUT2D eigenvalue weighted by Crippen LogP contribution is 2.66. The molecule has 0 amide bonds. The molecule has 4 nitrogen and oxygen atoms in total. The van der Waals surface area contributed by atoms with Crippen molar-refractivity contribution < 1.29 is 14.2 Å². The fourth-order valence-corrected chi connectivity index (χ4v) is 7.23. The number of rotatable bonds is 6. The zero-order valence-corrected chi connectivity index (χ0v) is 16.9. The van der Waals surface area contributed by atoms with Crippen LogP contribution in [0, 0.1) is 16.7 Å². The summed E-state index contributed by atoms with van der Waals surface area (Å²) in [5, 5.41) is 3.98. The molecule has 4 saturated carbocycles. The molecule has 0 radical (unpaired) electrons. The van der Waals surface area contributed by atoms with Gasteiger partial charge in [-0.05, 0) is 61.3 Å². The molecule has 1 N–H and O–H groups in total. The summed E-state index contributed by atoms with van der Waals surface area (Å²) in [4.78, 5) is 0. The SMILES string of the molecule is COc1ccc(CNC23CC4CC(C)(CC(C)(C4)C2)C3)c(OC)c1OC. The lowest BCUT2D eigenvalue weighted by Crippen LogP contribution is -2.63. The summed E-state index contributed by atoms with van der Waals surface area (Å²) < 4.78 is 16.6. The van der Waals surface area contributed by atoms with Gasteiger partial charge < -0.3 is 19.5 Å². The summed E-state index contributed by atoms with van der Waals surface area (Å²) in [6.45, 7) is 5.84. The van der Waals surface area contributed by atoms with Crippen molar-refractivity contribution in [3.8, 4) is 17.2 Å². The van der Waals surface area contributed by atoms with Gasteiger partial charge in [0.05, 0.1) is 21.3 Å². The Labute approximate surface area is 157 Å². The highest BCUT2D eigenvalue weighted by Gasteiger charge is 2.59. The minimum absolute atomic E-state index is 0.279. The molecule has 0 spiro atoms. The molecule has 0 aliphatic heterocycles. The van der Waals surface area contributed by atoms with Crippen LogP contribution in [0.3, 0.4) is 0 Å². The number of nitrogens with one attached hydrogen (secondary N) is 1. The highest BCUT2D eigenvalue weighted by molar-refractivity contribution is 5.55. The van der Waals surface area contributed by atoms with Crippen molar-refractivity contribution in [3.63, 3.8) is 0 Å². The second-order valence-corrected chi connectivity index (χ2v) is 9.76. The average Bonchev–Trinajstić information content (AvgIpc) is 2.55. The van der Waals surface area contributed by atoms with Crippen molar-refractivity contribution >= 4 is 0 Å². The van der Waals surface area contributed by atoms with Gasteiger partial charge in [0.2, 0.25) is 5.75 Å². The molecule has 0 saturated heterocycles. The third kappa shape index (κ3) is 2.87. The van der Waals surface area contributed by atoms with Crippen LogP contribution in [0.5, 0.6) is 17.2 Å². The Kier molecular flexibility index (Phi) is 4.18. The van der Waals surface area contributed by atoms with Gasteiger partial charge in [-0.25, -0.2) is 0 Å². The van der Waals surface area contributed by atoms with Crippen molar-refractivity contribution in [2.75, 3.05) is 21.3 Å². The summed E-state index contributed by atoms with van der Waals surface area (Å²) in [7, 11) is 5.03. The first-order chi connectivity index (χ1) is 12.3. The first kappa shape index (κ1) is 18.0. The van der Waals surface area contributed by atoms with Crippen LogP contribution in [-0.4, -0.2) is 26.9 Å². The van der Waals surface area contributed by atoms with Gasteiger partial charge in [0.15, 0.2) is 11.5 Å². The normalized spacial score (nSPS) is 37.7. The Morgan fingerprint density at radius 3 is 2.08 bits per heavy atom. The van der Waals surface area contributed by atoms with Gasteiger partial charge in [-0.2, -0.15) is 0 Å². The van der Waals surface area contributed by atoms with Gasteiger partial charge in [0, 0.05) is 17.6 Å². The van der Waals surface area contributed by atoms with Crippen LogP contribution in [0.4, 0.5) is 0 Å². The Hall–Kier alpha value is -1.42. The Morgan fingerprint density at radius 2 is 1.54 bits per heavy atom. The van der Waals surface area contributed by atoms with E-state index in [4.69, 9.17) is 14.2 Å². The maximum absolute atomic E-state index is 5.68. The number of hydrogen-bond donors (Lipinski definition) is 1. The van der Waals surface area contributed by atoms with E-state index in [1.807, 2.05) is 6.07 Å². The molecule has 26 heavy (non-hydrogen) atoms. The fourth-order valence-electron chi connectivity index (χ4n) is 7.23. The van der Waals surface area contributed by atoms with Gasteiger partial charge in [0.25, 0.3) is 0 Å². The average molecular weight is 360 g/mol. The number of hydrogen-bond acceptors (Lipinski definition) is 4. The zero-order valence-electron chi connectivity index (χ0n) is 16.9. The van der Waals surface area contributed by atoms with Crippen molar-refractivity contribution in [2.45, 2.75) is 64.5 Å². The smallest absolute Gasteiger partial charge is 0.203 e. The lowest BCUT2D eigenvalue weighted by molar-refractivity contribution is -0.118. The molecule has 4 fully saturated rings. The summed E-state index contributed by atoms with van der Waals surface area (Å²) >= 11 is 0. The largest absolute Gasteiger partial charge is 0.493 e. The van der Waals surface area contributed by atoms with Crippen molar-refractivity contribution in [1.29, 1.82) is 0 Å². The molecule has 1 aromatic carbocycles. The van der Waals surface area contributed by atoms with Gasteiger partial charge in [-0.3, -0.25) is 0 Å². The maximum atomic E-state index is 5.68. The van der Waals surface area contributed by atoms with Crippen LogP contribution in [0.25, 0.3) is 0 Å². The van der Waals surface area contributed by atoms with E-state index < -0.39 is 0 Å². The van der Waals surface area contributed by atoms with Gasteiger partial charge >= 0.3 is 0 Å². The first-order valence-corrected chi connectivity index (χ1v) is 9.86. The number of benzene rings is 1. The molecule has 4 heteroatoms. The van der Waals surface area contributed by atoms with Crippen molar-refractivity contribution in [2.24, 2.45) is 16.7 Å². The minimum Gasteiger partial charge on any atom is -0.493 e. The van der Waals surface area contributed by atoms with E-state index in [-0.39, 0.29) is 5.54 Å². The van der Waals surface area contributed by atoms with E-state index >= 15 is 0 Å². The van der Waals surface area contributed by atoms with Crippen LogP contribution in [0.1, 0.15) is 57.9 Å². The molecule has 1 aromatic rings. The highest BCUT2D eigenvalue weighted by atomic mass is 16.5. The van der Waals surface area contributed by atoms with Crippen LogP contribution in [0.2, 0.25) is 0 Å². The topological polar surface area (TPSA) is 39.7 Å². The number of ether oxygens (including phenoxy) is 3. The van der Waals surface area contributed by atoms with Crippen LogP contribution in [-0.2, 0) is 6.54 Å². The minimum atomic E-state index is 0.279. The third-order valence-electron chi connectivity index (χ3n) is 7.07. The van der Waals surface area contributed by atoms with E-state index in [9.17, 15) is 0 Å². The first-order valence-electron chi connectivity index (χ1n) is 9.86. The fraction of sp³-hybridized carbons (Fsp3) is 0.727. The second kappa shape index (κ2) is 6.05. The third-order valence-corrected chi connectivity index (χ3v) is 7.07. The standard InChI is InChI=1S/C22H33NO3/c1-20-8-15-9-21(2,12-20)14-22(10-15,13-20)23-11-16-6-7-17(24-3)19(26-5)18(16)25-4/h6-7,15,23H,8-14H2,1-5H3. The summed E-state index contributed by atoms with van der Waals surface area (Å²) in [6.07, 6.45) is 8.19. The summed E-state index contributed by atoms with van der Waals surface area (Å²) in [6, 6.07) is 4.07. The molecule has 4 bridgehead atoms. The predicted molar refractivity (Wildman–Crippen MR) is 103 cm³/mol. The molecule has 2 unspecified atom stereocenters. The van der Waals surface area contributed by atoms with Crippen LogP contribution in [0.15, 0.2) is 12.1 Å². The molecule has 0 aromatic heterocycles. The molecule has 5 rings (SSSR count). The van der Waals surface area contributed by atoms with E-state index in [0.717, 1.165) is 23.8 Å². The van der Waals surface area contributed by atoms with Gasteiger partial charge in [-0.15, -0.1) is 0 Å². The second-order valence-electron chi connectivity index (χ2n) is 9.76. The van der Waals surface area contributed by atoms with Gasteiger partial charge in [0.1, 0.15) is 0 Å². The Bertz CT molecular complexity index is 683. The Morgan fingerprint density at radius 1 is 0.885 bits per heavy atom. The van der Waals surface area contributed by atoms with Crippen LogP contribution >= 0.6 is 0 Å². The van der Waals surface area contributed by atoms with E-state index in [0.29, 0.717) is 22.3 Å². The molecule has 2 atom stereocenters. The maximum Gasteiger partial charge on any atom is 0.203 e. The van der Waals surface area contributed by atoms with Crippen molar-refractivity contribution in [3.05, 3.63) is 17.7 Å². The molecule has 4 aliphatic carbocycles. The lowest BCUT2D eigenvalue weighted by atomic mass is 9.43. The Balaban J connectivity index is 1.58. The predicted octanol–water partition coefficient (Wildman–Crippen LogP) is 4.55. The van der Waals surface area contributed by atoms with E-state index in [1.165, 1.54) is 38.5 Å². The quantitative estimate of drug-likeness (QED) is 0.809. The molecular formula is C22H33NO3. The van der Waals surface area contributed by atoms with E-state index in [1.54, 1.807) is 21.3 Å². The van der Waals surface area contributed by atoms with E-state index in [2.05, 4.69) is 25.2 Å². The molecular weight excluding hydrogens is 326 g/mol. The molecule has 0 heterocycles. The summed E-state index contributed by atoms with van der Waals surface area (Å²) in [5.74, 6) is 3.06. The molecule has 144 valence electrons. The summed E-state index contributed by atoms with van der Waals surface area (Å²) in [5.41, 5.74) is 2.45. The monoisotopic (exact) mass is 359 g/mol. The van der Waals surface area contributed by atoms with Crippen molar-refractivity contribution in [1.82, 2.24) is 5.32 Å². The van der Waals surface area contributed by atoms with Gasteiger partial charge in [-0.1, -0.05) is 19.9 Å². The zero-order chi connectivity index (χ0) is 18.6. The lowest BCUT2D eigenvalue weighted by Gasteiger charge is -2.65. The number of methoxy groups -OCH3 is 3.